The number of sulfone groups is 1. The molecule has 108 valence electrons. The van der Waals surface area contributed by atoms with Crippen LogP contribution >= 0.6 is 0 Å². The van der Waals surface area contributed by atoms with Crippen molar-refractivity contribution in [3.8, 4) is 0 Å². The fourth-order valence-electron chi connectivity index (χ4n) is 1.58. The summed E-state index contributed by atoms with van der Waals surface area (Å²) < 4.78 is 28.0. The van der Waals surface area contributed by atoms with Crippen LogP contribution in [-0.2, 0) is 21.1 Å². The van der Waals surface area contributed by atoms with Gasteiger partial charge in [-0.2, -0.15) is 0 Å². The molecule has 1 aromatic carbocycles. The molecule has 0 heterocycles. The van der Waals surface area contributed by atoms with E-state index in [2.05, 4.69) is 12.2 Å². The van der Waals surface area contributed by atoms with Crippen molar-refractivity contribution in [3.63, 3.8) is 0 Å². The quantitative estimate of drug-likeness (QED) is 0.705. The summed E-state index contributed by atoms with van der Waals surface area (Å²) in [6.45, 7) is 5.20. The molecule has 0 aromatic heterocycles. The Kier molecular flexibility index (Phi) is 7.05. The molecule has 1 rings (SSSR count). The molecule has 0 aliphatic rings. The van der Waals surface area contributed by atoms with E-state index < -0.39 is 9.84 Å². The Morgan fingerprint density at radius 1 is 1.16 bits per heavy atom. The zero-order valence-corrected chi connectivity index (χ0v) is 12.5. The highest BCUT2D eigenvalue weighted by atomic mass is 32.2. The second kappa shape index (κ2) is 8.30. The summed E-state index contributed by atoms with van der Waals surface area (Å²) >= 11 is 0. The molecule has 0 atom stereocenters. The summed E-state index contributed by atoms with van der Waals surface area (Å²) in [5, 5.41) is 3.26. The van der Waals surface area contributed by atoms with Gasteiger partial charge >= 0.3 is 0 Å². The highest BCUT2D eigenvalue weighted by Gasteiger charge is 2.05. The van der Waals surface area contributed by atoms with Crippen molar-refractivity contribution in [3.05, 3.63) is 29.8 Å². The van der Waals surface area contributed by atoms with E-state index in [1.165, 1.54) is 6.26 Å². The maximum absolute atomic E-state index is 11.3. The number of hydrogen-bond acceptors (Lipinski definition) is 4. The van der Waals surface area contributed by atoms with E-state index in [-0.39, 0.29) is 0 Å². The molecular formula is C14H23NO3S. The van der Waals surface area contributed by atoms with Crippen molar-refractivity contribution in [1.29, 1.82) is 0 Å². The maximum atomic E-state index is 11.3. The van der Waals surface area contributed by atoms with Crippen LogP contribution in [0.2, 0.25) is 0 Å². The summed E-state index contributed by atoms with van der Waals surface area (Å²) in [6.07, 6.45) is 3.47. The van der Waals surface area contributed by atoms with Crippen molar-refractivity contribution in [2.24, 2.45) is 0 Å². The average molecular weight is 285 g/mol. The number of nitrogens with one attached hydrogen (secondary N) is 1. The Bertz CT molecular complexity index is 454. The van der Waals surface area contributed by atoms with Gasteiger partial charge in [0.1, 0.15) is 0 Å². The van der Waals surface area contributed by atoms with Crippen LogP contribution in [0.1, 0.15) is 25.3 Å². The SMILES string of the molecule is CCCCOCCNCc1ccc(S(C)(=O)=O)cc1. The van der Waals surface area contributed by atoms with Crippen LogP contribution in [0.5, 0.6) is 0 Å². The molecule has 0 saturated carbocycles. The molecule has 0 saturated heterocycles. The van der Waals surface area contributed by atoms with Gasteiger partial charge in [-0.05, 0) is 24.1 Å². The summed E-state index contributed by atoms with van der Waals surface area (Å²) in [5.41, 5.74) is 1.07. The topological polar surface area (TPSA) is 55.4 Å². The Hall–Kier alpha value is -0.910. The predicted molar refractivity (Wildman–Crippen MR) is 77.0 cm³/mol. The average Bonchev–Trinajstić information content (AvgIpc) is 2.37. The predicted octanol–water partition coefficient (Wildman–Crippen LogP) is 2.00. The van der Waals surface area contributed by atoms with Crippen molar-refractivity contribution >= 4 is 9.84 Å². The molecule has 0 aliphatic carbocycles. The molecular weight excluding hydrogens is 262 g/mol. The number of benzene rings is 1. The smallest absolute Gasteiger partial charge is 0.175 e. The van der Waals surface area contributed by atoms with E-state index in [9.17, 15) is 8.42 Å². The number of unbranched alkanes of at least 4 members (excludes halogenated alkanes) is 1. The van der Waals surface area contributed by atoms with Crippen LogP contribution < -0.4 is 5.32 Å². The summed E-state index contributed by atoms with van der Waals surface area (Å²) in [6, 6.07) is 6.96. The molecule has 0 aliphatic heterocycles. The first-order valence-corrected chi connectivity index (χ1v) is 8.50. The molecule has 0 spiro atoms. The molecule has 4 nitrogen and oxygen atoms in total. The van der Waals surface area contributed by atoms with E-state index in [0.29, 0.717) is 11.5 Å². The van der Waals surface area contributed by atoms with E-state index in [4.69, 9.17) is 4.74 Å². The Labute approximate surface area is 116 Å². The van der Waals surface area contributed by atoms with Gasteiger partial charge in [0.05, 0.1) is 11.5 Å². The van der Waals surface area contributed by atoms with Crippen molar-refractivity contribution < 1.29 is 13.2 Å². The minimum Gasteiger partial charge on any atom is -0.380 e. The van der Waals surface area contributed by atoms with Crippen molar-refractivity contribution in [2.75, 3.05) is 26.0 Å². The van der Waals surface area contributed by atoms with Crippen molar-refractivity contribution in [1.82, 2.24) is 5.32 Å². The largest absolute Gasteiger partial charge is 0.380 e. The van der Waals surface area contributed by atoms with Gasteiger partial charge < -0.3 is 10.1 Å². The van der Waals surface area contributed by atoms with Crippen LogP contribution in [0.25, 0.3) is 0 Å². The number of rotatable bonds is 9. The number of ether oxygens (including phenoxy) is 1. The number of hydrogen-bond donors (Lipinski definition) is 1. The molecule has 0 unspecified atom stereocenters. The zero-order valence-electron chi connectivity index (χ0n) is 11.7. The zero-order chi connectivity index (χ0) is 14.1. The van der Waals surface area contributed by atoms with E-state index in [0.717, 1.165) is 38.1 Å². The highest BCUT2D eigenvalue weighted by molar-refractivity contribution is 7.90. The van der Waals surface area contributed by atoms with Gasteiger partial charge in [0.2, 0.25) is 0 Å². The first kappa shape index (κ1) is 16.1. The van der Waals surface area contributed by atoms with Gasteiger partial charge in [-0.25, -0.2) is 8.42 Å². The first-order chi connectivity index (χ1) is 9.04. The lowest BCUT2D eigenvalue weighted by Gasteiger charge is -2.06. The first-order valence-electron chi connectivity index (χ1n) is 6.61. The van der Waals surface area contributed by atoms with Gasteiger partial charge in [0, 0.05) is 26.0 Å². The Morgan fingerprint density at radius 3 is 2.42 bits per heavy atom. The third-order valence-electron chi connectivity index (χ3n) is 2.75. The second-order valence-electron chi connectivity index (χ2n) is 4.56. The van der Waals surface area contributed by atoms with Crippen LogP contribution in [0.4, 0.5) is 0 Å². The van der Waals surface area contributed by atoms with E-state index in [1.807, 2.05) is 12.1 Å². The summed E-state index contributed by atoms with van der Waals surface area (Å²) in [5.74, 6) is 0. The van der Waals surface area contributed by atoms with Gasteiger partial charge in [0.15, 0.2) is 9.84 Å². The van der Waals surface area contributed by atoms with Crippen LogP contribution in [0.3, 0.4) is 0 Å². The van der Waals surface area contributed by atoms with E-state index >= 15 is 0 Å². The van der Waals surface area contributed by atoms with Crippen molar-refractivity contribution in [2.45, 2.75) is 31.2 Å². The fraction of sp³-hybridized carbons (Fsp3) is 0.571. The summed E-state index contributed by atoms with van der Waals surface area (Å²) in [7, 11) is -3.10. The Balaban J connectivity index is 2.23. The molecule has 0 amide bonds. The molecule has 5 heteroatoms. The third-order valence-corrected chi connectivity index (χ3v) is 3.87. The van der Waals surface area contributed by atoms with Crippen LogP contribution in [0.15, 0.2) is 29.2 Å². The third kappa shape index (κ3) is 6.71. The van der Waals surface area contributed by atoms with Crippen LogP contribution in [-0.4, -0.2) is 34.4 Å². The molecule has 0 radical (unpaired) electrons. The van der Waals surface area contributed by atoms with Gasteiger partial charge in [-0.3, -0.25) is 0 Å². The lowest BCUT2D eigenvalue weighted by molar-refractivity contribution is 0.133. The lowest BCUT2D eigenvalue weighted by atomic mass is 10.2. The molecule has 1 N–H and O–H groups in total. The minimum absolute atomic E-state index is 0.360. The van der Waals surface area contributed by atoms with Gasteiger partial charge in [-0.15, -0.1) is 0 Å². The fourth-order valence-corrected chi connectivity index (χ4v) is 2.21. The Morgan fingerprint density at radius 2 is 1.84 bits per heavy atom. The standard InChI is InChI=1S/C14H23NO3S/c1-3-4-10-18-11-9-15-12-13-5-7-14(8-6-13)19(2,16)17/h5-8,15H,3-4,9-12H2,1-2H3. The van der Waals surface area contributed by atoms with Crippen LogP contribution in [0, 0.1) is 0 Å². The van der Waals surface area contributed by atoms with E-state index in [1.54, 1.807) is 12.1 Å². The highest BCUT2D eigenvalue weighted by Crippen LogP contribution is 2.09. The van der Waals surface area contributed by atoms with Gasteiger partial charge in [-0.1, -0.05) is 25.5 Å². The lowest BCUT2D eigenvalue weighted by Crippen LogP contribution is -2.19. The maximum Gasteiger partial charge on any atom is 0.175 e. The normalized spacial score (nSPS) is 11.7. The second-order valence-corrected chi connectivity index (χ2v) is 6.57. The molecule has 19 heavy (non-hydrogen) atoms. The molecule has 0 bridgehead atoms. The summed E-state index contributed by atoms with van der Waals surface area (Å²) in [4.78, 5) is 0.360. The van der Waals surface area contributed by atoms with Gasteiger partial charge in [0.25, 0.3) is 0 Å². The minimum atomic E-state index is -3.10. The molecule has 1 aromatic rings. The monoisotopic (exact) mass is 285 g/mol. The molecule has 0 fully saturated rings.